The van der Waals surface area contributed by atoms with E-state index in [4.69, 9.17) is 27.9 Å². The Balaban J connectivity index is 1.88. The Bertz CT molecular complexity index is 432. The van der Waals surface area contributed by atoms with Crippen LogP contribution in [0.1, 0.15) is 61.7 Å². The van der Waals surface area contributed by atoms with Crippen LogP contribution in [0.4, 0.5) is 0 Å². The van der Waals surface area contributed by atoms with E-state index < -0.39 is 0 Å². The highest BCUT2D eigenvalue weighted by molar-refractivity contribution is 6.34. The summed E-state index contributed by atoms with van der Waals surface area (Å²) in [6.07, 6.45) is 6.89. The van der Waals surface area contributed by atoms with E-state index in [2.05, 4.69) is 9.97 Å². The second-order valence-corrected chi connectivity index (χ2v) is 6.19. The summed E-state index contributed by atoms with van der Waals surface area (Å²) >= 11 is 12.7. The van der Waals surface area contributed by atoms with Crippen molar-refractivity contribution in [3.63, 3.8) is 0 Å². The van der Waals surface area contributed by atoms with Gasteiger partial charge in [0, 0.05) is 18.1 Å². The summed E-state index contributed by atoms with van der Waals surface area (Å²) in [5.74, 6) is 1.43. The van der Waals surface area contributed by atoms with E-state index in [1.54, 1.807) is 0 Å². The predicted molar refractivity (Wildman–Crippen MR) is 76.1 cm³/mol. The van der Waals surface area contributed by atoms with Crippen molar-refractivity contribution >= 4 is 23.2 Å². The van der Waals surface area contributed by atoms with Gasteiger partial charge in [0.05, 0.1) is 6.61 Å². The Kier molecular flexibility index (Phi) is 4.25. The average molecular weight is 301 g/mol. The quantitative estimate of drug-likeness (QED) is 0.762. The lowest BCUT2D eigenvalue weighted by atomic mass is 9.99. The molecule has 0 amide bonds. The zero-order valence-corrected chi connectivity index (χ0v) is 12.4. The predicted octanol–water partition coefficient (Wildman–Crippen LogP) is 4.34. The molecule has 3 rings (SSSR count). The van der Waals surface area contributed by atoms with Gasteiger partial charge in [-0.1, -0.05) is 36.0 Å². The fraction of sp³-hybridized carbons (Fsp3) is 0.714. The van der Waals surface area contributed by atoms with E-state index in [-0.39, 0.29) is 5.92 Å². The fourth-order valence-electron chi connectivity index (χ4n) is 3.11. The second kappa shape index (κ2) is 5.94. The van der Waals surface area contributed by atoms with E-state index in [0.29, 0.717) is 22.8 Å². The number of rotatable bonds is 2. The molecule has 1 atom stereocenters. The van der Waals surface area contributed by atoms with Gasteiger partial charge >= 0.3 is 0 Å². The van der Waals surface area contributed by atoms with Crippen molar-refractivity contribution in [2.45, 2.75) is 50.4 Å². The van der Waals surface area contributed by atoms with Crippen LogP contribution in [0.15, 0.2) is 0 Å². The lowest BCUT2D eigenvalue weighted by Crippen LogP contribution is -2.18. The number of hydrogen-bond acceptors (Lipinski definition) is 3. The molecule has 1 aliphatic carbocycles. The van der Waals surface area contributed by atoms with Crippen molar-refractivity contribution < 1.29 is 4.74 Å². The van der Waals surface area contributed by atoms with Crippen LogP contribution in [0, 0.1) is 0 Å². The van der Waals surface area contributed by atoms with Gasteiger partial charge in [0.15, 0.2) is 0 Å². The maximum atomic E-state index is 6.36. The van der Waals surface area contributed by atoms with Crippen molar-refractivity contribution in [3.05, 3.63) is 21.7 Å². The maximum Gasteiger partial charge on any atom is 0.137 e. The standard InChI is InChI=1S/C14H18Cl2N2O/c15-12-11(9-4-1-2-5-9)13(16)18-14(17-12)10-6-3-7-19-8-10/h9-10H,1-8H2. The van der Waals surface area contributed by atoms with E-state index in [1.165, 1.54) is 12.8 Å². The van der Waals surface area contributed by atoms with Crippen LogP contribution in [-0.2, 0) is 4.74 Å². The molecule has 1 saturated carbocycles. The molecule has 0 aromatic carbocycles. The molecule has 0 bridgehead atoms. The SMILES string of the molecule is Clc1nc(C2CCCOC2)nc(Cl)c1C1CCCC1. The molecule has 3 nitrogen and oxygen atoms in total. The monoisotopic (exact) mass is 300 g/mol. The van der Waals surface area contributed by atoms with Crippen molar-refractivity contribution in [2.75, 3.05) is 13.2 Å². The van der Waals surface area contributed by atoms with Gasteiger partial charge in [0.1, 0.15) is 16.1 Å². The number of halogens is 2. The molecule has 2 heterocycles. The van der Waals surface area contributed by atoms with Gasteiger partial charge in [-0.15, -0.1) is 0 Å². The van der Waals surface area contributed by atoms with E-state index in [0.717, 1.165) is 43.7 Å². The first-order valence-electron chi connectivity index (χ1n) is 7.06. The van der Waals surface area contributed by atoms with Crippen LogP contribution in [0.25, 0.3) is 0 Å². The summed E-state index contributed by atoms with van der Waals surface area (Å²) in [6, 6.07) is 0. The van der Waals surface area contributed by atoms with Crippen molar-refractivity contribution in [1.29, 1.82) is 0 Å². The molecule has 104 valence electrons. The normalized spacial score (nSPS) is 24.8. The first kappa shape index (κ1) is 13.6. The minimum atomic E-state index is 0.237. The van der Waals surface area contributed by atoms with Crippen LogP contribution in [-0.4, -0.2) is 23.2 Å². The Labute approximate surface area is 123 Å². The molecule has 2 fully saturated rings. The highest BCUT2D eigenvalue weighted by atomic mass is 35.5. The van der Waals surface area contributed by atoms with Gasteiger partial charge in [-0.3, -0.25) is 0 Å². The molecule has 1 aromatic heterocycles. The third-order valence-electron chi connectivity index (χ3n) is 4.16. The van der Waals surface area contributed by atoms with E-state index >= 15 is 0 Å². The Morgan fingerprint density at radius 3 is 2.11 bits per heavy atom. The van der Waals surface area contributed by atoms with Crippen LogP contribution >= 0.6 is 23.2 Å². The smallest absolute Gasteiger partial charge is 0.137 e. The molecule has 0 spiro atoms. The van der Waals surface area contributed by atoms with E-state index in [9.17, 15) is 0 Å². The molecule has 1 unspecified atom stereocenters. The van der Waals surface area contributed by atoms with Gasteiger partial charge < -0.3 is 4.74 Å². The fourth-order valence-corrected chi connectivity index (χ4v) is 3.82. The van der Waals surface area contributed by atoms with Gasteiger partial charge in [-0.05, 0) is 31.6 Å². The molecule has 0 radical (unpaired) electrons. The zero-order chi connectivity index (χ0) is 13.2. The Morgan fingerprint density at radius 2 is 1.53 bits per heavy atom. The molecule has 19 heavy (non-hydrogen) atoms. The number of aromatic nitrogens is 2. The van der Waals surface area contributed by atoms with Crippen molar-refractivity contribution in [3.8, 4) is 0 Å². The largest absolute Gasteiger partial charge is 0.381 e. The number of nitrogens with zero attached hydrogens (tertiary/aromatic N) is 2. The van der Waals surface area contributed by atoms with Crippen molar-refractivity contribution in [1.82, 2.24) is 9.97 Å². The summed E-state index contributed by atoms with van der Waals surface area (Å²) in [7, 11) is 0. The molecular formula is C14H18Cl2N2O. The summed E-state index contributed by atoms with van der Waals surface area (Å²) in [5.41, 5.74) is 0.960. The maximum absolute atomic E-state index is 6.36. The average Bonchev–Trinajstić information content (AvgIpc) is 2.93. The second-order valence-electron chi connectivity index (χ2n) is 5.47. The Hall–Kier alpha value is -0.380. The minimum absolute atomic E-state index is 0.237. The molecule has 5 heteroatoms. The number of hydrogen-bond donors (Lipinski definition) is 0. The van der Waals surface area contributed by atoms with E-state index in [1.807, 2.05) is 0 Å². The minimum Gasteiger partial charge on any atom is -0.381 e. The summed E-state index contributed by atoms with van der Waals surface area (Å²) in [5, 5.41) is 1.10. The van der Waals surface area contributed by atoms with Crippen LogP contribution in [0.5, 0.6) is 0 Å². The van der Waals surface area contributed by atoms with Crippen LogP contribution in [0.3, 0.4) is 0 Å². The first-order chi connectivity index (χ1) is 9.25. The summed E-state index contributed by atoms with van der Waals surface area (Å²) in [6.45, 7) is 1.51. The third kappa shape index (κ3) is 2.88. The molecular weight excluding hydrogens is 283 g/mol. The Morgan fingerprint density at radius 1 is 0.895 bits per heavy atom. The van der Waals surface area contributed by atoms with Crippen molar-refractivity contribution in [2.24, 2.45) is 0 Å². The first-order valence-corrected chi connectivity index (χ1v) is 7.82. The lowest BCUT2D eigenvalue weighted by Gasteiger charge is -2.22. The lowest BCUT2D eigenvalue weighted by molar-refractivity contribution is 0.0780. The molecule has 1 aliphatic heterocycles. The van der Waals surface area contributed by atoms with Gasteiger partial charge in [-0.2, -0.15) is 0 Å². The molecule has 2 aliphatic rings. The molecule has 1 saturated heterocycles. The molecule has 0 N–H and O–H groups in total. The highest BCUT2D eigenvalue weighted by Gasteiger charge is 2.26. The van der Waals surface area contributed by atoms with Gasteiger partial charge in [0.2, 0.25) is 0 Å². The third-order valence-corrected chi connectivity index (χ3v) is 4.74. The number of ether oxygens (including phenoxy) is 1. The van der Waals surface area contributed by atoms with Gasteiger partial charge in [0.25, 0.3) is 0 Å². The molecule has 1 aromatic rings. The van der Waals surface area contributed by atoms with Crippen LogP contribution in [0.2, 0.25) is 10.3 Å². The van der Waals surface area contributed by atoms with Crippen LogP contribution < -0.4 is 0 Å². The summed E-state index contributed by atoms with van der Waals surface area (Å²) in [4.78, 5) is 8.98. The topological polar surface area (TPSA) is 35.0 Å². The highest BCUT2D eigenvalue weighted by Crippen LogP contribution is 2.40. The zero-order valence-electron chi connectivity index (χ0n) is 10.9. The summed E-state index contributed by atoms with van der Waals surface area (Å²) < 4.78 is 5.48. The van der Waals surface area contributed by atoms with Gasteiger partial charge in [-0.25, -0.2) is 9.97 Å².